The third-order valence-electron chi connectivity index (χ3n) is 4.58. The molecule has 29 heavy (non-hydrogen) atoms. The molecule has 0 aliphatic heterocycles. The lowest BCUT2D eigenvalue weighted by molar-refractivity contribution is 0.100. The van der Waals surface area contributed by atoms with Crippen molar-refractivity contribution >= 4 is 55.4 Å². The zero-order valence-corrected chi connectivity index (χ0v) is 17.4. The average molecular weight is 423 g/mol. The van der Waals surface area contributed by atoms with Gasteiger partial charge in [-0.2, -0.15) is 0 Å². The van der Waals surface area contributed by atoms with E-state index < -0.39 is 5.91 Å². The standard InChI is InChI=1S/C21H18N4O2S2/c1-10-8-11(2)24-21-14(10)16(22)17(29-21)19(27)25-20-15(18(23)26)13(9-28-20)12-6-4-3-5-7-12/h3-9H,22H2,1-2H3,(H2,23,26)(H,25,27). The number of aromatic nitrogens is 1. The van der Waals surface area contributed by atoms with E-state index in [0.717, 1.165) is 27.0 Å². The van der Waals surface area contributed by atoms with Crippen molar-refractivity contribution in [2.45, 2.75) is 13.8 Å². The Bertz CT molecular complexity index is 1260. The maximum atomic E-state index is 13.0. The SMILES string of the molecule is Cc1cc(C)c2c(N)c(C(=O)Nc3scc(-c4ccccc4)c3C(N)=O)sc2n1. The first-order chi connectivity index (χ1) is 13.9. The predicted molar refractivity (Wildman–Crippen MR) is 120 cm³/mol. The van der Waals surface area contributed by atoms with E-state index in [1.807, 2.05) is 55.6 Å². The number of primary amides is 1. The number of hydrogen-bond donors (Lipinski definition) is 3. The number of nitrogens with one attached hydrogen (secondary N) is 1. The van der Waals surface area contributed by atoms with Crippen molar-refractivity contribution in [3.8, 4) is 11.1 Å². The summed E-state index contributed by atoms with van der Waals surface area (Å²) < 4.78 is 0. The second-order valence-electron chi connectivity index (χ2n) is 6.64. The van der Waals surface area contributed by atoms with Gasteiger partial charge in [-0.1, -0.05) is 30.3 Å². The first kappa shape index (κ1) is 19.1. The fraction of sp³-hybridized carbons (Fsp3) is 0.0952. The number of benzene rings is 1. The van der Waals surface area contributed by atoms with E-state index in [2.05, 4.69) is 10.3 Å². The molecule has 0 radical (unpaired) electrons. The highest BCUT2D eigenvalue weighted by Gasteiger charge is 2.23. The summed E-state index contributed by atoms with van der Waals surface area (Å²) in [5, 5.41) is 5.82. The van der Waals surface area contributed by atoms with E-state index in [4.69, 9.17) is 11.5 Å². The molecule has 0 saturated heterocycles. The molecule has 0 unspecified atom stereocenters. The first-order valence-corrected chi connectivity index (χ1v) is 10.5. The van der Waals surface area contributed by atoms with Crippen LogP contribution in [0.4, 0.5) is 10.7 Å². The molecule has 146 valence electrons. The molecule has 4 aromatic rings. The number of rotatable bonds is 4. The lowest BCUT2D eigenvalue weighted by atomic mass is 10.0. The van der Waals surface area contributed by atoms with Crippen LogP contribution >= 0.6 is 22.7 Å². The number of nitrogens with zero attached hydrogens (tertiary/aromatic N) is 1. The summed E-state index contributed by atoms with van der Waals surface area (Å²) in [6, 6.07) is 11.4. The predicted octanol–water partition coefficient (Wildman–Crippen LogP) is 4.58. The number of hydrogen-bond acceptors (Lipinski definition) is 6. The van der Waals surface area contributed by atoms with Crippen LogP contribution in [0, 0.1) is 13.8 Å². The molecule has 0 bridgehead atoms. The van der Waals surface area contributed by atoms with Gasteiger partial charge >= 0.3 is 0 Å². The number of amides is 2. The van der Waals surface area contributed by atoms with Crippen molar-refractivity contribution in [3.05, 3.63) is 63.5 Å². The van der Waals surface area contributed by atoms with Crippen molar-refractivity contribution in [1.82, 2.24) is 4.98 Å². The molecule has 0 fully saturated rings. The van der Waals surface area contributed by atoms with E-state index in [0.29, 0.717) is 26.7 Å². The van der Waals surface area contributed by atoms with E-state index in [-0.39, 0.29) is 5.91 Å². The van der Waals surface area contributed by atoms with Crippen LogP contribution in [0.3, 0.4) is 0 Å². The normalized spacial score (nSPS) is 11.0. The Morgan fingerprint density at radius 2 is 1.86 bits per heavy atom. The highest BCUT2D eigenvalue weighted by atomic mass is 32.1. The van der Waals surface area contributed by atoms with Gasteiger partial charge in [-0.3, -0.25) is 9.59 Å². The van der Waals surface area contributed by atoms with Crippen LogP contribution in [0.25, 0.3) is 21.3 Å². The quantitative estimate of drug-likeness (QED) is 0.447. The van der Waals surface area contributed by atoms with Gasteiger partial charge in [0.25, 0.3) is 11.8 Å². The second-order valence-corrected chi connectivity index (χ2v) is 8.52. The molecule has 3 aromatic heterocycles. The molecule has 1 aromatic carbocycles. The van der Waals surface area contributed by atoms with E-state index in [1.54, 1.807) is 0 Å². The molecule has 3 heterocycles. The Morgan fingerprint density at radius 3 is 2.55 bits per heavy atom. The van der Waals surface area contributed by atoms with Gasteiger partial charge < -0.3 is 16.8 Å². The van der Waals surface area contributed by atoms with Crippen molar-refractivity contribution in [2.75, 3.05) is 11.1 Å². The lowest BCUT2D eigenvalue weighted by Gasteiger charge is -2.06. The number of anilines is 2. The van der Waals surface area contributed by atoms with E-state index >= 15 is 0 Å². The fourth-order valence-corrected chi connectivity index (χ4v) is 5.40. The smallest absolute Gasteiger partial charge is 0.268 e. The minimum Gasteiger partial charge on any atom is -0.397 e. The molecular formula is C21H18N4O2S2. The Balaban J connectivity index is 1.74. The maximum absolute atomic E-state index is 13.0. The van der Waals surface area contributed by atoms with E-state index in [9.17, 15) is 9.59 Å². The monoisotopic (exact) mass is 422 g/mol. The summed E-state index contributed by atoms with van der Waals surface area (Å²) >= 11 is 2.49. The second kappa shape index (κ2) is 7.31. The summed E-state index contributed by atoms with van der Waals surface area (Å²) in [5.41, 5.74) is 16.0. The van der Waals surface area contributed by atoms with Gasteiger partial charge in [0.2, 0.25) is 0 Å². The maximum Gasteiger partial charge on any atom is 0.268 e. The lowest BCUT2D eigenvalue weighted by Crippen LogP contribution is -2.17. The minimum atomic E-state index is -0.599. The minimum absolute atomic E-state index is 0.291. The van der Waals surface area contributed by atoms with Crippen molar-refractivity contribution in [2.24, 2.45) is 5.73 Å². The number of thiophene rings is 2. The molecule has 5 N–H and O–H groups in total. The van der Waals surface area contributed by atoms with Crippen LogP contribution in [0.1, 0.15) is 31.3 Å². The third-order valence-corrected chi connectivity index (χ3v) is 6.57. The Labute approximate surface area is 175 Å². The van der Waals surface area contributed by atoms with Crippen LogP contribution in [-0.2, 0) is 0 Å². The number of pyridine rings is 1. The summed E-state index contributed by atoms with van der Waals surface area (Å²) in [5.74, 6) is -0.982. The molecule has 8 heteroatoms. The first-order valence-electron chi connectivity index (χ1n) is 8.81. The molecule has 0 aliphatic carbocycles. The Kier molecular flexibility index (Phi) is 4.81. The van der Waals surface area contributed by atoms with E-state index in [1.165, 1.54) is 22.7 Å². The van der Waals surface area contributed by atoms with Gasteiger partial charge in [0.05, 0.1) is 11.3 Å². The number of carbonyl (C=O) groups excluding carboxylic acids is 2. The summed E-state index contributed by atoms with van der Waals surface area (Å²) in [6.07, 6.45) is 0. The summed E-state index contributed by atoms with van der Waals surface area (Å²) in [6.45, 7) is 3.84. The Hall–Kier alpha value is -3.23. The molecular weight excluding hydrogens is 404 g/mol. The van der Waals surface area contributed by atoms with Gasteiger partial charge in [0.15, 0.2) is 0 Å². The summed E-state index contributed by atoms with van der Waals surface area (Å²) in [4.78, 5) is 30.7. The molecule has 0 atom stereocenters. The van der Waals surface area contributed by atoms with Crippen LogP contribution < -0.4 is 16.8 Å². The molecule has 0 saturated carbocycles. The largest absolute Gasteiger partial charge is 0.397 e. The fourth-order valence-electron chi connectivity index (χ4n) is 3.32. The number of aryl methyl sites for hydroxylation is 2. The highest BCUT2D eigenvalue weighted by Crippen LogP contribution is 2.38. The summed E-state index contributed by atoms with van der Waals surface area (Å²) in [7, 11) is 0. The van der Waals surface area contributed by atoms with Gasteiger partial charge in [0, 0.05) is 22.0 Å². The molecule has 6 nitrogen and oxygen atoms in total. The third kappa shape index (κ3) is 3.37. The zero-order chi connectivity index (χ0) is 20.7. The Morgan fingerprint density at radius 1 is 1.14 bits per heavy atom. The van der Waals surface area contributed by atoms with Crippen molar-refractivity contribution in [3.63, 3.8) is 0 Å². The van der Waals surface area contributed by atoms with Gasteiger partial charge in [-0.25, -0.2) is 4.98 Å². The molecule has 0 aliphatic rings. The number of carbonyl (C=O) groups is 2. The average Bonchev–Trinajstić information content (AvgIpc) is 3.23. The zero-order valence-electron chi connectivity index (χ0n) is 15.8. The van der Waals surface area contributed by atoms with Gasteiger partial charge in [-0.15, -0.1) is 22.7 Å². The van der Waals surface area contributed by atoms with Crippen LogP contribution in [0.15, 0.2) is 41.8 Å². The molecule has 4 rings (SSSR count). The van der Waals surface area contributed by atoms with Crippen LogP contribution in [-0.4, -0.2) is 16.8 Å². The van der Waals surface area contributed by atoms with Gasteiger partial charge in [-0.05, 0) is 31.0 Å². The molecule has 2 amide bonds. The van der Waals surface area contributed by atoms with Gasteiger partial charge in [0.1, 0.15) is 14.7 Å². The number of nitrogens with two attached hydrogens (primary N) is 2. The number of fused-ring (bicyclic) bond motifs is 1. The topological polar surface area (TPSA) is 111 Å². The van der Waals surface area contributed by atoms with Crippen molar-refractivity contribution in [1.29, 1.82) is 0 Å². The number of nitrogen functional groups attached to an aromatic ring is 1. The molecule has 0 spiro atoms. The van der Waals surface area contributed by atoms with Crippen LogP contribution in [0.2, 0.25) is 0 Å². The van der Waals surface area contributed by atoms with Crippen molar-refractivity contribution < 1.29 is 9.59 Å². The highest BCUT2D eigenvalue weighted by molar-refractivity contribution is 7.21. The van der Waals surface area contributed by atoms with Crippen LogP contribution in [0.5, 0.6) is 0 Å².